The van der Waals surface area contributed by atoms with Gasteiger partial charge in [0, 0.05) is 23.8 Å². The van der Waals surface area contributed by atoms with Crippen molar-refractivity contribution in [1.29, 1.82) is 0 Å². The van der Waals surface area contributed by atoms with Crippen LogP contribution in [0.2, 0.25) is 0 Å². The quantitative estimate of drug-likeness (QED) is 0.756. The lowest BCUT2D eigenvalue weighted by Crippen LogP contribution is -2.40. The number of alkyl halides is 2. The van der Waals surface area contributed by atoms with Gasteiger partial charge in [-0.2, -0.15) is 9.37 Å². The van der Waals surface area contributed by atoms with Gasteiger partial charge in [-0.15, -0.1) is 0 Å². The summed E-state index contributed by atoms with van der Waals surface area (Å²) in [5.41, 5.74) is 4.25. The fraction of sp³-hybridized carbons (Fsp3) is 0.389. The molecule has 2 atom stereocenters. The third kappa shape index (κ3) is 3.26. The van der Waals surface area contributed by atoms with Crippen LogP contribution in [-0.2, 0) is 5.54 Å². The minimum atomic E-state index is -3.14. The van der Waals surface area contributed by atoms with Crippen molar-refractivity contribution in [2.24, 2.45) is 16.6 Å². The molecular formula is C18H17F4N5OS. The summed E-state index contributed by atoms with van der Waals surface area (Å²) in [6.45, 7) is 0.424. The predicted octanol–water partition coefficient (Wildman–Crippen LogP) is 3.09. The molecule has 2 N–H and O–H groups in total. The van der Waals surface area contributed by atoms with Crippen LogP contribution in [0.4, 0.5) is 23.5 Å². The Balaban J connectivity index is 1.80. The van der Waals surface area contributed by atoms with Crippen LogP contribution in [0.3, 0.4) is 0 Å². The molecule has 2 aromatic rings. The van der Waals surface area contributed by atoms with Gasteiger partial charge in [0.2, 0.25) is 11.8 Å². The molecule has 0 amide bonds. The monoisotopic (exact) mass is 427 g/mol. The van der Waals surface area contributed by atoms with Crippen molar-refractivity contribution in [1.82, 2.24) is 9.97 Å². The maximum absolute atomic E-state index is 14.7. The van der Waals surface area contributed by atoms with E-state index in [4.69, 9.17) is 10.5 Å². The van der Waals surface area contributed by atoms with Gasteiger partial charge < -0.3 is 15.4 Å². The molecule has 4 rings (SSSR count). The molecule has 0 unspecified atom stereocenters. The summed E-state index contributed by atoms with van der Waals surface area (Å²) < 4.78 is 60.1. The highest BCUT2D eigenvalue weighted by atomic mass is 32.2. The highest BCUT2D eigenvalue weighted by molar-refractivity contribution is 8.13. The molecule has 0 saturated carbocycles. The number of thioether (sulfide) groups is 1. The molecule has 29 heavy (non-hydrogen) atoms. The van der Waals surface area contributed by atoms with Crippen molar-refractivity contribution in [2.75, 3.05) is 30.9 Å². The van der Waals surface area contributed by atoms with E-state index >= 15 is 0 Å². The van der Waals surface area contributed by atoms with Crippen LogP contribution in [0.1, 0.15) is 17.7 Å². The lowest BCUT2D eigenvalue weighted by atomic mass is 9.81. The van der Waals surface area contributed by atoms with E-state index in [9.17, 15) is 17.6 Å². The maximum Gasteiger partial charge on any atom is 0.283 e. The Morgan fingerprint density at radius 2 is 2.03 bits per heavy atom. The molecule has 0 spiro atoms. The van der Waals surface area contributed by atoms with Crippen LogP contribution in [-0.4, -0.2) is 41.1 Å². The number of nitrogens with two attached hydrogens (primary N) is 1. The number of aromatic nitrogens is 2. The highest BCUT2D eigenvalue weighted by Crippen LogP contribution is 2.47. The molecular weight excluding hydrogens is 410 g/mol. The third-order valence-electron chi connectivity index (χ3n) is 5.15. The van der Waals surface area contributed by atoms with E-state index in [0.29, 0.717) is 23.0 Å². The molecule has 0 aliphatic carbocycles. The Morgan fingerprint density at radius 1 is 1.28 bits per heavy atom. The summed E-state index contributed by atoms with van der Waals surface area (Å²) in [6, 6.07) is 6.25. The second-order valence-electron chi connectivity index (χ2n) is 6.78. The number of amidine groups is 1. The van der Waals surface area contributed by atoms with Crippen LogP contribution in [0, 0.1) is 17.6 Å². The van der Waals surface area contributed by atoms with E-state index in [0.717, 1.165) is 7.11 Å². The summed E-state index contributed by atoms with van der Waals surface area (Å²) in [4.78, 5) is 13.8. The van der Waals surface area contributed by atoms with Crippen molar-refractivity contribution in [3.63, 3.8) is 0 Å². The molecule has 2 aliphatic rings. The summed E-state index contributed by atoms with van der Waals surface area (Å²) in [7, 11) is 1.14. The van der Waals surface area contributed by atoms with Crippen molar-refractivity contribution >= 4 is 22.9 Å². The number of benzene rings is 1. The first-order valence-electron chi connectivity index (χ1n) is 8.73. The van der Waals surface area contributed by atoms with Crippen LogP contribution in [0.25, 0.3) is 0 Å². The summed E-state index contributed by atoms with van der Waals surface area (Å²) >= 11 is 1.34. The van der Waals surface area contributed by atoms with Crippen LogP contribution >= 0.6 is 11.8 Å². The largest absolute Gasteiger partial charge is 0.479 e. The molecule has 3 heterocycles. The first-order valence-corrected chi connectivity index (χ1v) is 9.72. The zero-order valence-electron chi connectivity index (χ0n) is 15.3. The Hall–Kier alpha value is -2.56. The van der Waals surface area contributed by atoms with Gasteiger partial charge >= 0.3 is 0 Å². The maximum atomic E-state index is 14.7. The molecule has 0 bridgehead atoms. The molecule has 1 saturated heterocycles. The van der Waals surface area contributed by atoms with Gasteiger partial charge in [-0.25, -0.2) is 23.1 Å². The number of rotatable bonds is 4. The first-order chi connectivity index (χ1) is 13.9. The average molecular weight is 427 g/mol. The number of anilines is 1. The zero-order valence-corrected chi connectivity index (χ0v) is 16.1. The van der Waals surface area contributed by atoms with Gasteiger partial charge in [0.15, 0.2) is 10.9 Å². The van der Waals surface area contributed by atoms with Gasteiger partial charge in [0.25, 0.3) is 12.3 Å². The average Bonchev–Trinajstić information content (AvgIpc) is 3.07. The van der Waals surface area contributed by atoms with Crippen LogP contribution < -0.4 is 15.4 Å². The van der Waals surface area contributed by atoms with E-state index < -0.39 is 35.2 Å². The number of nitrogens with zero attached hydrogens (tertiary/aromatic N) is 4. The second kappa shape index (κ2) is 7.36. The Morgan fingerprint density at radius 3 is 2.72 bits per heavy atom. The highest BCUT2D eigenvalue weighted by Gasteiger charge is 2.52. The van der Waals surface area contributed by atoms with Gasteiger partial charge in [-0.3, -0.25) is 0 Å². The van der Waals surface area contributed by atoms with Crippen LogP contribution in [0.5, 0.6) is 5.88 Å². The topological polar surface area (TPSA) is 76.6 Å². The van der Waals surface area contributed by atoms with Crippen molar-refractivity contribution in [3.05, 3.63) is 47.2 Å². The third-order valence-corrected chi connectivity index (χ3v) is 6.10. The van der Waals surface area contributed by atoms with E-state index in [-0.39, 0.29) is 18.4 Å². The number of hydrogen-bond acceptors (Lipinski definition) is 7. The van der Waals surface area contributed by atoms with Crippen LogP contribution in [0.15, 0.2) is 29.3 Å². The number of halogens is 4. The molecule has 6 nitrogen and oxygen atoms in total. The smallest absolute Gasteiger partial charge is 0.283 e. The molecule has 1 fully saturated rings. The predicted molar refractivity (Wildman–Crippen MR) is 101 cm³/mol. The minimum absolute atomic E-state index is 0.108. The lowest BCUT2D eigenvalue weighted by Gasteiger charge is -2.34. The number of hydrogen-bond donors (Lipinski definition) is 1. The fourth-order valence-electron chi connectivity index (χ4n) is 3.82. The molecule has 11 heteroatoms. The molecule has 1 aromatic heterocycles. The van der Waals surface area contributed by atoms with E-state index in [1.54, 1.807) is 23.1 Å². The molecule has 2 aliphatic heterocycles. The molecule has 1 aromatic carbocycles. The summed E-state index contributed by atoms with van der Waals surface area (Å²) in [6.07, 6.45) is -3.14. The molecule has 154 valence electrons. The fourth-order valence-corrected chi connectivity index (χ4v) is 4.80. The SMILES string of the molecule is COc1nc(N2C[C@H]3CSC(N)=N[C@@]3(c3ccccc3F)C2)nc(C(F)F)c1F. The zero-order chi connectivity index (χ0) is 20.8. The van der Waals surface area contributed by atoms with Gasteiger partial charge in [-0.1, -0.05) is 30.0 Å². The van der Waals surface area contributed by atoms with Gasteiger partial charge in [0.05, 0.1) is 13.7 Å². The summed E-state index contributed by atoms with van der Waals surface area (Å²) in [5, 5.41) is 0.317. The van der Waals surface area contributed by atoms with E-state index in [1.165, 1.54) is 17.8 Å². The number of aliphatic imine (C=N–C) groups is 1. The van der Waals surface area contributed by atoms with E-state index in [1.807, 2.05) is 0 Å². The minimum Gasteiger partial charge on any atom is -0.479 e. The van der Waals surface area contributed by atoms with Crippen molar-refractivity contribution < 1.29 is 22.3 Å². The first kappa shape index (κ1) is 19.7. The summed E-state index contributed by atoms with van der Waals surface area (Å²) in [5.74, 6) is -2.05. The van der Waals surface area contributed by atoms with Crippen molar-refractivity contribution in [3.8, 4) is 5.88 Å². The normalized spacial score (nSPS) is 23.9. The Kier molecular flexibility index (Phi) is 5.01. The molecule has 0 radical (unpaired) electrons. The van der Waals surface area contributed by atoms with Crippen molar-refractivity contribution in [2.45, 2.75) is 12.0 Å². The standard InChI is InChI=1S/C18H17F4N5OS/c1-28-15-12(20)13(14(21)22)24-17(25-15)27-6-9-7-29-16(23)26-18(9,8-27)10-4-2-3-5-11(10)19/h2-5,9,14H,6-8H2,1H3,(H2,23,26)/t9-,18-/m0/s1. The second-order valence-corrected chi connectivity index (χ2v) is 7.82. The number of ether oxygens (including phenoxy) is 1. The number of fused-ring (bicyclic) bond motifs is 1. The van der Waals surface area contributed by atoms with Gasteiger partial charge in [0.1, 0.15) is 11.4 Å². The Bertz CT molecular complexity index is 975. The number of methoxy groups -OCH3 is 1. The lowest BCUT2D eigenvalue weighted by molar-refractivity contribution is 0.139. The van der Waals surface area contributed by atoms with Gasteiger partial charge in [-0.05, 0) is 6.07 Å². The van der Waals surface area contributed by atoms with E-state index in [2.05, 4.69) is 15.0 Å². The Labute approximate surface area is 168 Å².